The Morgan fingerprint density at radius 3 is 2.32 bits per heavy atom. The van der Waals surface area contributed by atoms with Crippen molar-refractivity contribution in [2.45, 2.75) is 6.92 Å². The lowest BCUT2D eigenvalue weighted by atomic mass is 10.0. The predicted octanol–water partition coefficient (Wildman–Crippen LogP) is 2.53. The van der Waals surface area contributed by atoms with E-state index in [0.717, 1.165) is 0 Å². The molecule has 0 bridgehead atoms. The molecule has 0 aromatic heterocycles. The lowest BCUT2D eigenvalue weighted by Crippen LogP contribution is -2.19. The first-order valence-electron chi connectivity index (χ1n) is 5.81. The molecule has 0 radical (unpaired) electrons. The number of ketones is 1. The zero-order valence-electron chi connectivity index (χ0n) is 11.1. The van der Waals surface area contributed by atoms with Gasteiger partial charge in [-0.2, -0.15) is 0 Å². The summed E-state index contributed by atoms with van der Waals surface area (Å²) >= 11 is 5.77. The van der Waals surface area contributed by atoms with Crippen LogP contribution < -0.4 is 0 Å². The molecule has 0 heterocycles. The second-order valence-corrected chi connectivity index (χ2v) is 4.50. The van der Waals surface area contributed by atoms with E-state index in [1.807, 2.05) is 0 Å². The van der Waals surface area contributed by atoms with Crippen molar-refractivity contribution in [3.63, 3.8) is 0 Å². The fourth-order valence-corrected chi connectivity index (χ4v) is 1.55. The highest BCUT2D eigenvalue weighted by Gasteiger charge is 2.21. The molecule has 0 atom stereocenters. The minimum Gasteiger partial charge on any atom is -0.462 e. The first kappa shape index (κ1) is 15.2. The van der Waals surface area contributed by atoms with Crippen molar-refractivity contribution in [3.8, 4) is 0 Å². The summed E-state index contributed by atoms with van der Waals surface area (Å²) in [5.74, 6) is -1.01. The second kappa shape index (κ2) is 6.95. The maximum atomic E-state index is 12.3. The van der Waals surface area contributed by atoms with Crippen molar-refractivity contribution in [3.05, 3.63) is 46.6 Å². The Kier molecular flexibility index (Phi) is 5.57. The van der Waals surface area contributed by atoms with Gasteiger partial charge in [0.1, 0.15) is 5.57 Å². The average molecular weight is 282 g/mol. The van der Waals surface area contributed by atoms with E-state index in [1.165, 1.54) is 6.20 Å². The first-order valence-corrected chi connectivity index (χ1v) is 6.19. The molecule has 1 rings (SSSR count). The van der Waals surface area contributed by atoms with Crippen LogP contribution in [0.3, 0.4) is 0 Å². The molecule has 0 aliphatic rings. The van der Waals surface area contributed by atoms with E-state index in [-0.39, 0.29) is 18.0 Å². The number of esters is 1. The smallest absolute Gasteiger partial charge is 0.343 e. The molecule has 0 N–H and O–H groups in total. The SMILES string of the molecule is CCOC(=O)/C(=C\N(C)C)C(=O)c1ccc(Cl)cc1. The van der Waals surface area contributed by atoms with Crippen LogP contribution in [0.15, 0.2) is 36.0 Å². The van der Waals surface area contributed by atoms with Gasteiger partial charge in [-0.05, 0) is 31.2 Å². The van der Waals surface area contributed by atoms with Gasteiger partial charge >= 0.3 is 5.97 Å². The predicted molar refractivity (Wildman–Crippen MR) is 74.2 cm³/mol. The quantitative estimate of drug-likeness (QED) is 0.274. The molecule has 5 heteroatoms. The molecule has 0 fully saturated rings. The Bertz CT molecular complexity index is 492. The van der Waals surface area contributed by atoms with Gasteiger partial charge < -0.3 is 9.64 Å². The molecule has 0 aliphatic carbocycles. The molecule has 0 saturated heterocycles. The fraction of sp³-hybridized carbons (Fsp3) is 0.286. The highest BCUT2D eigenvalue weighted by atomic mass is 35.5. The summed E-state index contributed by atoms with van der Waals surface area (Å²) < 4.78 is 4.89. The largest absolute Gasteiger partial charge is 0.462 e. The van der Waals surface area contributed by atoms with Gasteiger partial charge in [0.15, 0.2) is 0 Å². The molecule has 0 amide bonds. The van der Waals surface area contributed by atoms with Crippen LogP contribution in [0.4, 0.5) is 0 Å². The number of nitrogens with zero attached hydrogens (tertiary/aromatic N) is 1. The number of benzene rings is 1. The summed E-state index contributed by atoms with van der Waals surface area (Å²) in [4.78, 5) is 25.7. The first-order chi connectivity index (χ1) is 8.95. The van der Waals surface area contributed by atoms with Crippen LogP contribution in [0.2, 0.25) is 5.02 Å². The monoisotopic (exact) mass is 281 g/mol. The van der Waals surface area contributed by atoms with E-state index in [1.54, 1.807) is 50.2 Å². The summed E-state index contributed by atoms with van der Waals surface area (Å²) in [6.45, 7) is 1.91. The summed E-state index contributed by atoms with van der Waals surface area (Å²) in [7, 11) is 3.46. The van der Waals surface area contributed by atoms with Crippen molar-refractivity contribution in [2.24, 2.45) is 0 Å². The Morgan fingerprint density at radius 2 is 1.84 bits per heavy atom. The van der Waals surface area contributed by atoms with Gasteiger partial charge in [-0.3, -0.25) is 4.79 Å². The minimum atomic E-state index is -0.629. The van der Waals surface area contributed by atoms with E-state index in [2.05, 4.69) is 0 Å². The lowest BCUT2D eigenvalue weighted by Gasteiger charge is -2.10. The Hall–Kier alpha value is -1.81. The average Bonchev–Trinajstić information content (AvgIpc) is 2.36. The Morgan fingerprint density at radius 1 is 1.26 bits per heavy atom. The van der Waals surface area contributed by atoms with Crippen LogP contribution in [0.25, 0.3) is 0 Å². The maximum absolute atomic E-state index is 12.3. The topological polar surface area (TPSA) is 46.6 Å². The van der Waals surface area contributed by atoms with Crippen LogP contribution in [0.5, 0.6) is 0 Å². The normalized spacial score (nSPS) is 11.1. The fourth-order valence-electron chi connectivity index (χ4n) is 1.43. The number of rotatable bonds is 5. The lowest BCUT2D eigenvalue weighted by molar-refractivity contribution is -0.138. The van der Waals surface area contributed by atoms with Gasteiger partial charge in [0, 0.05) is 30.9 Å². The Balaban J connectivity index is 3.08. The zero-order valence-corrected chi connectivity index (χ0v) is 11.9. The number of halogens is 1. The number of carbonyl (C=O) groups excluding carboxylic acids is 2. The molecule has 102 valence electrons. The van der Waals surface area contributed by atoms with Crippen LogP contribution in [0.1, 0.15) is 17.3 Å². The minimum absolute atomic E-state index is 0.00540. The highest BCUT2D eigenvalue weighted by Crippen LogP contribution is 2.14. The van der Waals surface area contributed by atoms with Gasteiger partial charge in [0.05, 0.1) is 6.61 Å². The van der Waals surface area contributed by atoms with Crippen molar-refractivity contribution in [1.82, 2.24) is 4.90 Å². The van der Waals surface area contributed by atoms with E-state index in [4.69, 9.17) is 16.3 Å². The summed E-state index contributed by atoms with van der Waals surface area (Å²) in [5, 5.41) is 0.533. The number of carbonyl (C=O) groups is 2. The van der Waals surface area contributed by atoms with Crippen LogP contribution in [-0.4, -0.2) is 37.4 Å². The Labute approximate surface area is 117 Å². The van der Waals surface area contributed by atoms with E-state index < -0.39 is 5.97 Å². The van der Waals surface area contributed by atoms with Crippen molar-refractivity contribution in [2.75, 3.05) is 20.7 Å². The molecule has 0 saturated carbocycles. The van der Waals surface area contributed by atoms with Gasteiger partial charge in [-0.1, -0.05) is 11.6 Å². The van der Waals surface area contributed by atoms with Crippen molar-refractivity contribution < 1.29 is 14.3 Å². The number of ether oxygens (including phenoxy) is 1. The second-order valence-electron chi connectivity index (χ2n) is 4.06. The molecule has 1 aromatic rings. The number of Topliss-reactive ketones (excluding diaryl/α,β-unsaturated/α-hetero) is 1. The number of hydrogen-bond donors (Lipinski definition) is 0. The van der Waals surface area contributed by atoms with Gasteiger partial charge in [0.25, 0.3) is 0 Å². The van der Waals surface area contributed by atoms with Crippen LogP contribution in [-0.2, 0) is 9.53 Å². The molecule has 0 unspecified atom stereocenters. The summed E-state index contributed by atoms with van der Waals surface area (Å²) in [6.07, 6.45) is 1.45. The van der Waals surface area contributed by atoms with E-state index >= 15 is 0 Å². The van der Waals surface area contributed by atoms with E-state index in [9.17, 15) is 9.59 Å². The summed E-state index contributed by atoms with van der Waals surface area (Å²) in [5.41, 5.74) is 0.389. The van der Waals surface area contributed by atoms with Gasteiger partial charge in [0.2, 0.25) is 5.78 Å². The molecule has 0 spiro atoms. The van der Waals surface area contributed by atoms with Crippen molar-refractivity contribution in [1.29, 1.82) is 0 Å². The van der Waals surface area contributed by atoms with Gasteiger partial charge in [-0.25, -0.2) is 4.79 Å². The van der Waals surface area contributed by atoms with Crippen LogP contribution in [0, 0.1) is 0 Å². The maximum Gasteiger partial charge on any atom is 0.343 e. The molecule has 4 nitrogen and oxygen atoms in total. The molecule has 1 aromatic carbocycles. The van der Waals surface area contributed by atoms with Crippen molar-refractivity contribution >= 4 is 23.4 Å². The standard InChI is InChI=1S/C14H16ClNO3/c1-4-19-14(18)12(9-16(2)3)13(17)10-5-7-11(15)8-6-10/h5-9H,4H2,1-3H3/b12-9-. The van der Waals surface area contributed by atoms with E-state index in [0.29, 0.717) is 10.6 Å². The third-order valence-electron chi connectivity index (χ3n) is 2.23. The van der Waals surface area contributed by atoms with Gasteiger partial charge in [-0.15, -0.1) is 0 Å². The number of hydrogen-bond acceptors (Lipinski definition) is 4. The third-order valence-corrected chi connectivity index (χ3v) is 2.49. The molecule has 19 heavy (non-hydrogen) atoms. The zero-order chi connectivity index (χ0) is 14.4. The summed E-state index contributed by atoms with van der Waals surface area (Å²) in [6, 6.07) is 6.36. The molecular formula is C14H16ClNO3. The molecular weight excluding hydrogens is 266 g/mol. The van der Waals surface area contributed by atoms with Crippen LogP contribution >= 0.6 is 11.6 Å². The third kappa shape index (κ3) is 4.41. The molecule has 0 aliphatic heterocycles. The highest BCUT2D eigenvalue weighted by molar-refractivity contribution is 6.31.